The fourth-order valence-corrected chi connectivity index (χ4v) is 2.91. The smallest absolute Gasteiger partial charge is 0.320 e. The van der Waals surface area contributed by atoms with E-state index in [1.165, 1.54) is 0 Å². The van der Waals surface area contributed by atoms with Gasteiger partial charge in [-0.25, -0.2) is 5.48 Å². The van der Waals surface area contributed by atoms with E-state index < -0.39 is 23.8 Å². The van der Waals surface area contributed by atoms with Crippen LogP contribution in [0.5, 0.6) is 0 Å². The second-order valence-electron chi connectivity index (χ2n) is 6.30. The van der Waals surface area contributed by atoms with Crippen LogP contribution in [-0.2, 0) is 22.4 Å². The lowest BCUT2D eigenvalue weighted by Crippen LogP contribution is -2.33. The molecule has 0 aliphatic carbocycles. The summed E-state index contributed by atoms with van der Waals surface area (Å²) in [5.41, 5.74) is 8.90. The summed E-state index contributed by atoms with van der Waals surface area (Å²) >= 11 is 0. The van der Waals surface area contributed by atoms with Crippen LogP contribution in [-0.4, -0.2) is 34.0 Å². The Hall–Kier alpha value is -3.03. The Labute approximate surface area is 156 Å². The molecule has 0 saturated carbocycles. The van der Waals surface area contributed by atoms with Gasteiger partial charge in [0.25, 0.3) is 0 Å². The number of hydrogen-bond acceptors (Lipinski definition) is 5. The van der Waals surface area contributed by atoms with E-state index >= 15 is 0 Å². The number of amides is 1. The number of hydrogen-bond donors (Lipinski definition) is 4. The van der Waals surface area contributed by atoms with Gasteiger partial charge in [-0.3, -0.25) is 19.6 Å². The maximum Gasteiger partial charge on any atom is 0.320 e. The van der Waals surface area contributed by atoms with Gasteiger partial charge in [0.05, 0.1) is 0 Å². The van der Waals surface area contributed by atoms with Crippen molar-refractivity contribution < 1.29 is 24.7 Å². The fraction of sp³-hybridized carbons (Fsp3) is 0.250. The van der Waals surface area contributed by atoms with Crippen molar-refractivity contribution in [3.8, 4) is 0 Å². The van der Waals surface area contributed by atoms with Crippen molar-refractivity contribution in [1.82, 2.24) is 5.48 Å². The average Bonchev–Trinajstić information content (AvgIpc) is 2.68. The Bertz CT molecular complexity index is 807. The molecule has 0 radical (unpaired) electrons. The van der Waals surface area contributed by atoms with Gasteiger partial charge in [0.15, 0.2) is 5.78 Å². The zero-order valence-electron chi connectivity index (χ0n) is 14.7. The predicted octanol–water partition coefficient (Wildman–Crippen LogP) is 1.58. The molecule has 2 unspecified atom stereocenters. The van der Waals surface area contributed by atoms with Gasteiger partial charge in [-0.2, -0.15) is 0 Å². The molecular formula is C20H22N2O5. The molecule has 2 aromatic carbocycles. The molecule has 142 valence electrons. The molecule has 27 heavy (non-hydrogen) atoms. The van der Waals surface area contributed by atoms with E-state index in [4.69, 9.17) is 16.0 Å². The topological polar surface area (TPSA) is 130 Å². The molecule has 2 atom stereocenters. The number of aliphatic carboxylic acids is 1. The molecular weight excluding hydrogens is 348 g/mol. The van der Waals surface area contributed by atoms with E-state index in [0.717, 1.165) is 5.56 Å². The second kappa shape index (κ2) is 9.61. The first-order chi connectivity index (χ1) is 12.9. The van der Waals surface area contributed by atoms with Gasteiger partial charge in [0.2, 0.25) is 5.91 Å². The number of hydroxylamine groups is 1. The summed E-state index contributed by atoms with van der Waals surface area (Å²) < 4.78 is 0. The van der Waals surface area contributed by atoms with Gasteiger partial charge >= 0.3 is 5.97 Å². The maximum absolute atomic E-state index is 13.1. The Kier molecular flexibility index (Phi) is 7.22. The lowest BCUT2D eigenvalue weighted by Gasteiger charge is -2.18. The SMILES string of the molecule is NC(Cc1ccccc1C(=O)C(CC(=O)NO)Cc1ccccc1)C(=O)O. The Balaban J connectivity index is 2.31. The van der Waals surface area contributed by atoms with Crippen molar-refractivity contribution >= 4 is 17.7 Å². The highest BCUT2D eigenvalue weighted by Crippen LogP contribution is 2.21. The number of ketones is 1. The van der Waals surface area contributed by atoms with E-state index in [2.05, 4.69) is 0 Å². The molecule has 1 amide bonds. The highest BCUT2D eigenvalue weighted by molar-refractivity contribution is 6.01. The van der Waals surface area contributed by atoms with Gasteiger partial charge in [-0.05, 0) is 24.0 Å². The number of benzene rings is 2. The molecule has 0 saturated heterocycles. The highest BCUT2D eigenvalue weighted by atomic mass is 16.5. The number of nitrogens with one attached hydrogen (secondary N) is 1. The molecule has 5 N–H and O–H groups in total. The third kappa shape index (κ3) is 5.73. The van der Waals surface area contributed by atoms with Crippen LogP contribution in [0.15, 0.2) is 54.6 Å². The normalized spacial score (nSPS) is 12.8. The van der Waals surface area contributed by atoms with Gasteiger partial charge in [-0.1, -0.05) is 54.6 Å². The average molecular weight is 370 g/mol. The van der Waals surface area contributed by atoms with Crippen molar-refractivity contribution in [3.05, 3.63) is 71.3 Å². The molecule has 2 rings (SSSR count). The first kappa shape index (κ1) is 20.3. The van der Waals surface area contributed by atoms with Gasteiger partial charge in [-0.15, -0.1) is 0 Å². The molecule has 7 heteroatoms. The predicted molar refractivity (Wildman–Crippen MR) is 98.3 cm³/mol. The van der Waals surface area contributed by atoms with E-state index in [-0.39, 0.29) is 18.6 Å². The van der Waals surface area contributed by atoms with Crippen molar-refractivity contribution in [2.75, 3.05) is 0 Å². The van der Waals surface area contributed by atoms with Crippen LogP contribution in [0.2, 0.25) is 0 Å². The van der Waals surface area contributed by atoms with Crippen molar-refractivity contribution in [2.45, 2.75) is 25.3 Å². The summed E-state index contributed by atoms with van der Waals surface area (Å²) in [5.74, 6) is -2.82. The quantitative estimate of drug-likeness (QED) is 0.301. The minimum Gasteiger partial charge on any atom is -0.480 e. The molecule has 0 spiro atoms. The molecule has 2 aromatic rings. The van der Waals surface area contributed by atoms with Crippen LogP contribution in [0, 0.1) is 5.92 Å². The maximum atomic E-state index is 13.1. The van der Waals surface area contributed by atoms with Crippen molar-refractivity contribution in [2.24, 2.45) is 11.7 Å². The second-order valence-corrected chi connectivity index (χ2v) is 6.30. The van der Waals surface area contributed by atoms with Crippen LogP contribution in [0.1, 0.15) is 27.9 Å². The standard InChI is InChI=1S/C20H22N2O5/c21-17(20(25)26)11-14-8-4-5-9-16(14)19(24)15(12-18(23)22-27)10-13-6-2-1-3-7-13/h1-9,15,17,27H,10-12,21H2,(H,22,23)(H,25,26). The van der Waals surface area contributed by atoms with E-state index in [1.54, 1.807) is 29.7 Å². The monoisotopic (exact) mass is 370 g/mol. The number of rotatable bonds is 9. The Morgan fingerprint density at radius 3 is 2.22 bits per heavy atom. The minimum atomic E-state index is -1.15. The molecule has 0 heterocycles. The third-order valence-electron chi connectivity index (χ3n) is 4.29. The summed E-state index contributed by atoms with van der Waals surface area (Å²) in [4.78, 5) is 35.9. The number of carboxylic acid groups (broad SMARTS) is 1. The summed E-state index contributed by atoms with van der Waals surface area (Å²) in [7, 11) is 0. The van der Waals surface area contributed by atoms with Gasteiger partial charge in [0.1, 0.15) is 6.04 Å². The van der Waals surface area contributed by atoms with Gasteiger partial charge < -0.3 is 10.8 Å². The number of carbonyl (C=O) groups excluding carboxylic acids is 2. The fourth-order valence-electron chi connectivity index (χ4n) is 2.91. The largest absolute Gasteiger partial charge is 0.480 e. The van der Waals surface area contributed by atoms with Crippen LogP contribution in [0.4, 0.5) is 0 Å². The molecule has 0 aliphatic heterocycles. The van der Waals surface area contributed by atoms with Crippen LogP contribution >= 0.6 is 0 Å². The molecule has 0 fully saturated rings. The van der Waals surface area contributed by atoms with Crippen LogP contribution in [0.25, 0.3) is 0 Å². The number of carboxylic acids is 1. The number of carbonyl (C=O) groups is 3. The minimum absolute atomic E-state index is 0.00149. The summed E-state index contributed by atoms with van der Waals surface area (Å²) in [5, 5.41) is 17.9. The molecule has 0 bridgehead atoms. The molecule has 0 aliphatic rings. The third-order valence-corrected chi connectivity index (χ3v) is 4.29. The molecule has 7 nitrogen and oxygen atoms in total. The summed E-state index contributed by atoms with van der Waals surface area (Å²) in [6.45, 7) is 0. The van der Waals surface area contributed by atoms with E-state index in [1.807, 2.05) is 30.3 Å². The summed E-state index contributed by atoms with van der Waals surface area (Å²) in [6.07, 6.45) is 0.122. The van der Waals surface area contributed by atoms with Crippen molar-refractivity contribution in [3.63, 3.8) is 0 Å². The molecule has 0 aromatic heterocycles. The Morgan fingerprint density at radius 2 is 1.59 bits per heavy atom. The van der Waals surface area contributed by atoms with Crippen LogP contribution in [0.3, 0.4) is 0 Å². The number of nitrogens with two attached hydrogens (primary N) is 1. The lowest BCUT2D eigenvalue weighted by molar-refractivity contribution is -0.138. The first-order valence-electron chi connectivity index (χ1n) is 8.49. The highest BCUT2D eigenvalue weighted by Gasteiger charge is 2.26. The van der Waals surface area contributed by atoms with Gasteiger partial charge in [0, 0.05) is 17.9 Å². The number of Topliss-reactive ketones (excluding diaryl/α,β-unsaturated/α-hetero) is 1. The summed E-state index contributed by atoms with van der Waals surface area (Å²) in [6, 6.07) is 14.7. The zero-order chi connectivity index (χ0) is 19.8. The van der Waals surface area contributed by atoms with E-state index in [0.29, 0.717) is 17.5 Å². The van der Waals surface area contributed by atoms with E-state index in [9.17, 15) is 14.4 Å². The lowest BCUT2D eigenvalue weighted by atomic mass is 9.85. The zero-order valence-corrected chi connectivity index (χ0v) is 14.7. The van der Waals surface area contributed by atoms with Crippen LogP contribution < -0.4 is 11.2 Å². The first-order valence-corrected chi connectivity index (χ1v) is 8.49. The Morgan fingerprint density at radius 1 is 0.963 bits per heavy atom. The van der Waals surface area contributed by atoms with Crippen molar-refractivity contribution in [1.29, 1.82) is 0 Å².